The maximum atomic E-state index is 13.6. The number of amides is 1. The first-order valence-electron chi connectivity index (χ1n) is 14.2. The second kappa shape index (κ2) is 11.8. The van der Waals surface area contributed by atoms with Crippen LogP contribution in [0.15, 0.2) is 11.3 Å². The number of nitrogens with zero attached hydrogens (tertiary/aromatic N) is 3. The maximum Gasteiger partial charge on any atom is 0.237 e. The summed E-state index contributed by atoms with van der Waals surface area (Å²) in [6, 6.07) is 1.23. The van der Waals surface area contributed by atoms with Gasteiger partial charge in [0.05, 0.1) is 12.1 Å². The topological polar surface area (TPSA) is 38.8 Å². The summed E-state index contributed by atoms with van der Waals surface area (Å²) in [7, 11) is 4.43. The molecule has 0 aromatic rings. The molecule has 2 aliphatic heterocycles. The lowest BCUT2D eigenvalue weighted by molar-refractivity contribution is -0.128. The summed E-state index contributed by atoms with van der Waals surface area (Å²) in [6.45, 7) is 17.4. The molecule has 4 atom stereocenters. The summed E-state index contributed by atoms with van der Waals surface area (Å²) in [4.78, 5) is 21.2. The zero-order valence-electron chi connectivity index (χ0n) is 23.6. The largest absolute Gasteiger partial charge is 0.372 e. The van der Waals surface area contributed by atoms with Crippen LogP contribution in [-0.4, -0.2) is 78.5 Å². The lowest BCUT2D eigenvalue weighted by Crippen LogP contribution is -2.57. The van der Waals surface area contributed by atoms with Gasteiger partial charge >= 0.3 is 0 Å². The van der Waals surface area contributed by atoms with Crippen molar-refractivity contribution in [3.8, 4) is 0 Å². The van der Waals surface area contributed by atoms with Gasteiger partial charge in [-0.25, -0.2) is 0 Å². The summed E-state index contributed by atoms with van der Waals surface area (Å²) in [5, 5.41) is 3.60. The number of piperidine rings is 1. The van der Waals surface area contributed by atoms with Gasteiger partial charge in [-0.05, 0) is 88.4 Å². The fourth-order valence-electron chi connectivity index (χ4n) is 6.40. The highest BCUT2D eigenvalue weighted by Crippen LogP contribution is 2.38. The molecule has 0 radical (unpaired) electrons. The minimum absolute atomic E-state index is 0.00681. The number of likely N-dealkylation sites (tertiary alicyclic amines) is 2. The van der Waals surface area contributed by atoms with Crippen LogP contribution in [0, 0.1) is 11.3 Å². The molecule has 1 aliphatic carbocycles. The lowest BCUT2D eigenvalue weighted by atomic mass is 9.78. The molecule has 2 saturated heterocycles. The van der Waals surface area contributed by atoms with Crippen molar-refractivity contribution in [2.45, 2.75) is 123 Å². The van der Waals surface area contributed by atoms with E-state index in [0.717, 1.165) is 32.0 Å². The molecule has 5 nitrogen and oxygen atoms in total. The van der Waals surface area contributed by atoms with Crippen molar-refractivity contribution in [2.24, 2.45) is 11.3 Å². The monoisotopic (exact) mass is 474 g/mol. The van der Waals surface area contributed by atoms with E-state index in [4.69, 9.17) is 0 Å². The molecule has 1 N–H and O–H groups in total. The average molecular weight is 475 g/mol. The highest BCUT2D eigenvalue weighted by atomic mass is 16.2. The van der Waals surface area contributed by atoms with E-state index in [1.54, 1.807) is 5.57 Å². The molecular formula is C29H54N4O. The Hall–Kier alpha value is -1.07. The highest BCUT2D eigenvalue weighted by molar-refractivity contribution is 5.82. The smallest absolute Gasteiger partial charge is 0.237 e. The van der Waals surface area contributed by atoms with Crippen molar-refractivity contribution in [1.29, 1.82) is 0 Å². The van der Waals surface area contributed by atoms with E-state index in [2.05, 4.69) is 75.7 Å². The Labute approximate surface area is 210 Å². The Bertz CT molecular complexity index is 703. The molecule has 196 valence electrons. The second-order valence-corrected chi connectivity index (χ2v) is 12.8. The van der Waals surface area contributed by atoms with E-state index in [9.17, 15) is 4.79 Å². The third-order valence-corrected chi connectivity index (χ3v) is 8.86. The molecule has 3 unspecified atom stereocenters. The first-order chi connectivity index (χ1) is 16.0. The van der Waals surface area contributed by atoms with Crippen LogP contribution in [0.25, 0.3) is 0 Å². The number of nitrogens with one attached hydrogen (secondary N) is 1. The third kappa shape index (κ3) is 6.37. The Morgan fingerprint density at radius 2 is 1.79 bits per heavy atom. The summed E-state index contributed by atoms with van der Waals surface area (Å²) < 4.78 is 0. The number of rotatable bonds is 9. The van der Waals surface area contributed by atoms with E-state index in [0.29, 0.717) is 12.0 Å². The Morgan fingerprint density at radius 3 is 2.32 bits per heavy atom. The van der Waals surface area contributed by atoms with Gasteiger partial charge in [-0.3, -0.25) is 14.6 Å². The van der Waals surface area contributed by atoms with Crippen LogP contribution in [0.1, 0.15) is 99.3 Å². The molecule has 0 aromatic carbocycles. The molecule has 34 heavy (non-hydrogen) atoms. The van der Waals surface area contributed by atoms with Crippen molar-refractivity contribution in [3.63, 3.8) is 0 Å². The highest BCUT2D eigenvalue weighted by Gasteiger charge is 2.39. The van der Waals surface area contributed by atoms with E-state index >= 15 is 0 Å². The summed E-state index contributed by atoms with van der Waals surface area (Å²) in [5.74, 6) is 0.777. The number of carbonyl (C=O) groups is 1. The summed E-state index contributed by atoms with van der Waals surface area (Å²) in [6.07, 6.45) is 10.9. The van der Waals surface area contributed by atoms with E-state index in [1.807, 2.05) is 0 Å². The molecule has 0 aromatic heterocycles. The maximum absolute atomic E-state index is 13.6. The quantitative estimate of drug-likeness (QED) is 0.494. The van der Waals surface area contributed by atoms with Crippen LogP contribution < -0.4 is 5.32 Å². The van der Waals surface area contributed by atoms with Gasteiger partial charge in [0, 0.05) is 31.4 Å². The molecule has 2 heterocycles. The molecule has 1 amide bonds. The Morgan fingerprint density at radius 1 is 1.09 bits per heavy atom. The van der Waals surface area contributed by atoms with Crippen LogP contribution in [0.5, 0.6) is 0 Å². The van der Waals surface area contributed by atoms with Crippen LogP contribution in [0.4, 0.5) is 0 Å². The van der Waals surface area contributed by atoms with Crippen LogP contribution in [0.2, 0.25) is 0 Å². The standard InChI is InChI=1S/C29H54N4O/c1-9-23-16-13-19-33(23)20-25(21(2)3)32(8)26(22-14-12-15-22)27(29(4,5)6)30-28(34)24-17-10-11-18-31(24)7/h21,23-25,27H,9-20H2,1-8H3,(H,30,34)/t23-,24?,25?,27?/m1/s1. The molecule has 0 bridgehead atoms. The van der Waals surface area contributed by atoms with Gasteiger partial charge in [-0.1, -0.05) is 48.0 Å². The van der Waals surface area contributed by atoms with Crippen molar-refractivity contribution in [1.82, 2.24) is 20.0 Å². The van der Waals surface area contributed by atoms with Crippen molar-refractivity contribution in [2.75, 3.05) is 33.7 Å². The Balaban J connectivity index is 1.88. The third-order valence-electron chi connectivity index (χ3n) is 8.86. The SMILES string of the molecule is CC[C@@H]1CCCN1CC(C(C)C)N(C)C(=C1CCC1)C(NC(=O)C1CCCCN1C)C(C)(C)C. The Kier molecular flexibility index (Phi) is 9.53. The zero-order valence-corrected chi connectivity index (χ0v) is 23.6. The van der Waals surface area contributed by atoms with E-state index in [1.165, 1.54) is 57.2 Å². The molecule has 3 aliphatic rings. The zero-order chi connectivity index (χ0) is 25.0. The normalized spacial score (nSPS) is 26.3. The minimum Gasteiger partial charge on any atom is -0.372 e. The number of allylic oxidation sites excluding steroid dienone is 1. The molecule has 3 fully saturated rings. The number of likely N-dealkylation sites (N-methyl/N-ethyl adjacent to an activating group) is 2. The van der Waals surface area contributed by atoms with Gasteiger partial charge in [0.25, 0.3) is 0 Å². The summed E-state index contributed by atoms with van der Waals surface area (Å²) >= 11 is 0. The second-order valence-electron chi connectivity index (χ2n) is 12.8. The van der Waals surface area contributed by atoms with Gasteiger partial charge in [-0.2, -0.15) is 0 Å². The van der Waals surface area contributed by atoms with Gasteiger partial charge < -0.3 is 10.2 Å². The minimum atomic E-state index is -0.0454. The van der Waals surface area contributed by atoms with Gasteiger partial charge in [0.2, 0.25) is 5.91 Å². The van der Waals surface area contributed by atoms with Crippen molar-refractivity contribution >= 4 is 5.91 Å². The predicted octanol–water partition coefficient (Wildman–Crippen LogP) is 5.27. The van der Waals surface area contributed by atoms with E-state index in [-0.39, 0.29) is 23.4 Å². The van der Waals surface area contributed by atoms with E-state index < -0.39 is 0 Å². The fraction of sp³-hybridized carbons (Fsp3) is 0.897. The first-order valence-corrected chi connectivity index (χ1v) is 14.2. The molecule has 0 spiro atoms. The number of carbonyl (C=O) groups excluding carboxylic acids is 1. The van der Waals surface area contributed by atoms with Crippen LogP contribution in [0.3, 0.4) is 0 Å². The number of hydrogen-bond acceptors (Lipinski definition) is 4. The van der Waals surface area contributed by atoms with Crippen LogP contribution in [-0.2, 0) is 4.79 Å². The lowest BCUT2D eigenvalue weighted by Gasteiger charge is -2.46. The molecule has 3 rings (SSSR count). The number of hydrogen-bond donors (Lipinski definition) is 1. The van der Waals surface area contributed by atoms with Gasteiger partial charge in [0.1, 0.15) is 0 Å². The predicted molar refractivity (Wildman–Crippen MR) is 144 cm³/mol. The van der Waals surface area contributed by atoms with Gasteiger partial charge in [-0.15, -0.1) is 0 Å². The van der Waals surface area contributed by atoms with Crippen LogP contribution >= 0.6 is 0 Å². The van der Waals surface area contributed by atoms with Crippen molar-refractivity contribution < 1.29 is 4.79 Å². The van der Waals surface area contributed by atoms with Gasteiger partial charge in [0.15, 0.2) is 0 Å². The fourth-order valence-corrected chi connectivity index (χ4v) is 6.40. The summed E-state index contributed by atoms with van der Waals surface area (Å²) in [5.41, 5.74) is 2.94. The van der Waals surface area contributed by atoms with Crippen molar-refractivity contribution in [3.05, 3.63) is 11.3 Å². The molecule has 5 heteroatoms. The average Bonchev–Trinajstić information content (AvgIpc) is 3.19. The molecule has 1 saturated carbocycles. The molecular weight excluding hydrogens is 420 g/mol. The first kappa shape index (κ1) is 27.5.